The molecule has 26 heavy (non-hydrogen) atoms. The predicted octanol–water partition coefficient (Wildman–Crippen LogP) is 1.71. The third-order valence-corrected chi connectivity index (χ3v) is 4.85. The van der Waals surface area contributed by atoms with Gasteiger partial charge >= 0.3 is 5.69 Å². The molecule has 3 N–H and O–H groups in total. The van der Waals surface area contributed by atoms with Crippen LogP contribution in [0.3, 0.4) is 0 Å². The molecule has 4 heterocycles. The molecule has 1 aromatic carbocycles. The summed E-state index contributed by atoms with van der Waals surface area (Å²) in [6.45, 7) is 4.78. The third kappa shape index (κ3) is 2.38. The molecule has 0 saturated carbocycles. The highest BCUT2D eigenvalue weighted by Gasteiger charge is 2.17. The van der Waals surface area contributed by atoms with Gasteiger partial charge in [0.1, 0.15) is 5.69 Å². The van der Waals surface area contributed by atoms with Gasteiger partial charge in [-0.15, -0.1) is 0 Å². The number of nitrogens with one attached hydrogen (secondary N) is 3. The quantitative estimate of drug-likeness (QED) is 0.513. The van der Waals surface area contributed by atoms with E-state index >= 15 is 0 Å². The summed E-state index contributed by atoms with van der Waals surface area (Å²) in [7, 11) is 0. The van der Waals surface area contributed by atoms with E-state index in [9.17, 15) is 4.79 Å². The molecule has 0 saturated heterocycles. The van der Waals surface area contributed by atoms with Crippen molar-refractivity contribution < 1.29 is 0 Å². The minimum absolute atomic E-state index is 0.201. The molecule has 0 radical (unpaired) electrons. The molecule has 5 rings (SSSR count). The molecule has 1 aliphatic rings. The first-order valence-corrected chi connectivity index (χ1v) is 8.73. The molecular weight excluding hydrogens is 330 g/mol. The fourth-order valence-corrected chi connectivity index (χ4v) is 3.60. The van der Waals surface area contributed by atoms with Crippen LogP contribution in [0.15, 0.2) is 35.4 Å². The second-order valence-electron chi connectivity index (χ2n) is 6.66. The van der Waals surface area contributed by atoms with Crippen LogP contribution >= 0.6 is 0 Å². The largest absolute Gasteiger partial charge is 0.323 e. The predicted molar refractivity (Wildman–Crippen MR) is 98.3 cm³/mol. The van der Waals surface area contributed by atoms with Gasteiger partial charge < -0.3 is 15.3 Å². The Morgan fingerprint density at radius 2 is 2.00 bits per heavy atom. The van der Waals surface area contributed by atoms with Crippen LogP contribution in [0.2, 0.25) is 0 Å². The minimum atomic E-state index is -0.201. The van der Waals surface area contributed by atoms with Crippen molar-refractivity contribution in [2.24, 2.45) is 0 Å². The number of aromatic amines is 2. The first-order chi connectivity index (χ1) is 12.7. The van der Waals surface area contributed by atoms with Gasteiger partial charge in [0.2, 0.25) is 0 Å². The van der Waals surface area contributed by atoms with E-state index in [1.54, 1.807) is 6.20 Å². The maximum atomic E-state index is 11.6. The molecule has 0 aliphatic carbocycles. The summed E-state index contributed by atoms with van der Waals surface area (Å²) in [5.41, 5.74) is 5.44. The van der Waals surface area contributed by atoms with E-state index in [2.05, 4.69) is 31.0 Å². The molecule has 8 heteroatoms. The smallest absolute Gasteiger partial charge is 0.311 e. The molecule has 0 atom stereocenters. The molecule has 0 fully saturated rings. The first-order valence-electron chi connectivity index (χ1n) is 8.73. The van der Waals surface area contributed by atoms with Crippen molar-refractivity contribution >= 4 is 11.0 Å². The highest BCUT2D eigenvalue weighted by atomic mass is 16.1. The lowest BCUT2D eigenvalue weighted by atomic mass is 10.1. The topological polar surface area (TPSA) is 96.3 Å². The molecule has 0 spiro atoms. The summed E-state index contributed by atoms with van der Waals surface area (Å²) in [5, 5.41) is 8.18. The molecule has 132 valence electrons. The Balaban J connectivity index is 1.64. The van der Waals surface area contributed by atoms with Crippen molar-refractivity contribution in [3.63, 3.8) is 0 Å². The van der Waals surface area contributed by atoms with Gasteiger partial charge in [-0.3, -0.25) is 9.25 Å². The zero-order valence-corrected chi connectivity index (χ0v) is 14.4. The Bertz CT molecular complexity index is 1140. The highest BCUT2D eigenvalue weighted by molar-refractivity contribution is 5.79. The third-order valence-electron chi connectivity index (χ3n) is 4.85. The normalized spacial score (nSPS) is 14.5. The van der Waals surface area contributed by atoms with Crippen molar-refractivity contribution in [2.75, 3.05) is 6.54 Å². The van der Waals surface area contributed by atoms with Crippen molar-refractivity contribution in [1.82, 2.24) is 34.6 Å². The van der Waals surface area contributed by atoms with Crippen LogP contribution in [0.1, 0.15) is 17.7 Å². The minimum Gasteiger partial charge on any atom is -0.311 e. The van der Waals surface area contributed by atoms with Crippen LogP contribution in [0, 0.1) is 6.92 Å². The molecule has 3 aromatic heterocycles. The van der Waals surface area contributed by atoms with Crippen LogP contribution in [0.25, 0.3) is 28.2 Å². The maximum absolute atomic E-state index is 11.6. The van der Waals surface area contributed by atoms with Gasteiger partial charge in [-0.05, 0) is 43.7 Å². The molecular formula is C18H19N7O. The summed E-state index contributed by atoms with van der Waals surface area (Å²) >= 11 is 0. The van der Waals surface area contributed by atoms with Crippen LogP contribution in [-0.2, 0) is 13.1 Å². The van der Waals surface area contributed by atoms with Crippen LogP contribution in [0.4, 0.5) is 0 Å². The fourth-order valence-electron chi connectivity index (χ4n) is 3.60. The van der Waals surface area contributed by atoms with Gasteiger partial charge in [-0.2, -0.15) is 5.10 Å². The van der Waals surface area contributed by atoms with Gasteiger partial charge in [0.05, 0.1) is 22.4 Å². The van der Waals surface area contributed by atoms with Crippen molar-refractivity contribution in [1.29, 1.82) is 0 Å². The number of hydrogen-bond acceptors (Lipinski definition) is 4. The summed E-state index contributed by atoms with van der Waals surface area (Å²) in [4.78, 5) is 21.7. The second-order valence-corrected chi connectivity index (χ2v) is 6.66. The van der Waals surface area contributed by atoms with E-state index in [-0.39, 0.29) is 5.69 Å². The number of nitrogens with zero attached hydrogens (tertiary/aromatic N) is 4. The molecule has 1 aliphatic heterocycles. The standard InChI is InChI=1S/C18H19N7O/c1-11-7-13-14(22-18(26)21-13)9-16(11)24-6-4-20-17(24)15-8-12-10-19-3-2-5-25(12)23-15/h4,6-9,19H,2-3,5,10H2,1H3,(H2,21,22,26). The van der Waals surface area contributed by atoms with E-state index in [1.807, 2.05) is 29.8 Å². The van der Waals surface area contributed by atoms with Gasteiger partial charge in [0, 0.05) is 25.5 Å². The second kappa shape index (κ2) is 5.70. The fraction of sp³-hybridized carbons (Fsp3) is 0.278. The van der Waals surface area contributed by atoms with Gasteiger partial charge in [0.25, 0.3) is 0 Å². The lowest BCUT2D eigenvalue weighted by molar-refractivity contribution is 0.588. The van der Waals surface area contributed by atoms with Crippen molar-refractivity contribution in [2.45, 2.75) is 26.4 Å². The van der Waals surface area contributed by atoms with Gasteiger partial charge in [-0.1, -0.05) is 0 Å². The number of fused-ring (bicyclic) bond motifs is 2. The Labute approximate surface area is 148 Å². The van der Waals surface area contributed by atoms with E-state index in [0.29, 0.717) is 0 Å². The van der Waals surface area contributed by atoms with Crippen LogP contribution < -0.4 is 11.0 Å². The summed E-state index contributed by atoms with van der Waals surface area (Å²) in [5.74, 6) is 0.797. The first kappa shape index (κ1) is 15.2. The summed E-state index contributed by atoms with van der Waals surface area (Å²) in [6, 6.07) is 6.04. The average Bonchev–Trinajstić information content (AvgIpc) is 3.29. The number of rotatable bonds is 2. The lowest BCUT2D eigenvalue weighted by Gasteiger charge is -2.10. The molecule has 4 aromatic rings. The monoisotopic (exact) mass is 349 g/mol. The molecule has 0 amide bonds. The Morgan fingerprint density at radius 1 is 1.15 bits per heavy atom. The van der Waals surface area contributed by atoms with Gasteiger partial charge in [-0.25, -0.2) is 9.78 Å². The number of aromatic nitrogens is 6. The Morgan fingerprint density at radius 3 is 2.88 bits per heavy atom. The van der Waals surface area contributed by atoms with E-state index in [1.165, 1.54) is 5.69 Å². The highest BCUT2D eigenvalue weighted by Crippen LogP contribution is 2.26. The van der Waals surface area contributed by atoms with Crippen LogP contribution in [-0.4, -0.2) is 35.8 Å². The average molecular weight is 349 g/mol. The lowest BCUT2D eigenvalue weighted by Crippen LogP contribution is -2.11. The zero-order valence-electron chi connectivity index (χ0n) is 14.4. The number of aryl methyl sites for hydroxylation is 2. The van der Waals surface area contributed by atoms with E-state index < -0.39 is 0 Å². The summed E-state index contributed by atoms with van der Waals surface area (Å²) in [6.07, 6.45) is 4.78. The molecule has 0 unspecified atom stereocenters. The Kier molecular flexibility index (Phi) is 3.32. The SMILES string of the molecule is Cc1cc2[nH]c(=O)[nH]c2cc1-n1ccnc1-c1cc2n(n1)CCCNC2. The number of benzene rings is 1. The number of hydrogen-bond donors (Lipinski definition) is 3. The number of H-pyrrole nitrogens is 2. The van der Waals surface area contributed by atoms with Gasteiger partial charge in [0.15, 0.2) is 5.82 Å². The van der Waals surface area contributed by atoms with Crippen molar-refractivity contribution in [3.05, 3.63) is 52.3 Å². The maximum Gasteiger partial charge on any atom is 0.323 e. The van der Waals surface area contributed by atoms with E-state index in [0.717, 1.165) is 59.9 Å². The van der Waals surface area contributed by atoms with Crippen LogP contribution in [0.5, 0.6) is 0 Å². The van der Waals surface area contributed by atoms with Crippen molar-refractivity contribution in [3.8, 4) is 17.2 Å². The zero-order chi connectivity index (χ0) is 17.7. The number of imidazole rings is 2. The Hall–Kier alpha value is -3.13. The van der Waals surface area contributed by atoms with E-state index in [4.69, 9.17) is 5.10 Å². The molecule has 0 bridgehead atoms. The molecule has 8 nitrogen and oxygen atoms in total. The summed E-state index contributed by atoms with van der Waals surface area (Å²) < 4.78 is 4.09.